The van der Waals surface area contributed by atoms with E-state index >= 15 is 0 Å². The van der Waals surface area contributed by atoms with Crippen LogP contribution in [0.5, 0.6) is 6.01 Å². The quantitative estimate of drug-likeness (QED) is 0.665. The summed E-state index contributed by atoms with van der Waals surface area (Å²) >= 11 is 0. The zero-order valence-electron chi connectivity index (χ0n) is 9.88. The fourth-order valence-corrected chi connectivity index (χ4v) is 2.16. The lowest BCUT2D eigenvalue weighted by Crippen LogP contribution is -2.37. The zero-order chi connectivity index (χ0) is 13.0. The number of rotatable bonds is 1. The molecule has 0 spiro atoms. The molecule has 0 fully saturated rings. The molecular formula is C10H11FN4O3. The molecule has 0 aromatic carbocycles. The SMILES string of the molecule is Cn1c(=O)c2c(nc3n2CC(CF)O3)n(C)c1=O. The van der Waals surface area contributed by atoms with Crippen molar-refractivity contribution >= 4 is 11.2 Å². The highest BCUT2D eigenvalue weighted by Crippen LogP contribution is 2.25. The molecule has 0 N–H and O–H groups in total. The van der Waals surface area contributed by atoms with Gasteiger partial charge >= 0.3 is 5.69 Å². The van der Waals surface area contributed by atoms with E-state index in [-0.39, 0.29) is 23.7 Å². The first-order valence-corrected chi connectivity index (χ1v) is 5.43. The van der Waals surface area contributed by atoms with E-state index < -0.39 is 24.0 Å². The summed E-state index contributed by atoms with van der Waals surface area (Å²) in [5.41, 5.74) is -0.373. The molecule has 18 heavy (non-hydrogen) atoms. The van der Waals surface area contributed by atoms with E-state index in [9.17, 15) is 14.0 Å². The first-order valence-electron chi connectivity index (χ1n) is 5.43. The first kappa shape index (κ1) is 11.0. The van der Waals surface area contributed by atoms with Crippen LogP contribution in [0.15, 0.2) is 9.59 Å². The van der Waals surface area contributed by atoms with Gasteiger partial charge in [-0.1, -0.05) is 0 Å². The van der Waals surface area contributed by atoms with Gasteiger partial charge in [0.1, 0.15) is 12.8 Å². The predicted octanol–water partition coefficient (Wildman–Crippen LogP) is -0.836. The van der Waals surface area contributed by atoms with E-state index in [1.54, 1.807) is 0 Å². The third-order valence-corrected chi connectivity index (χ3v) is 3.14. The Bertz CT molecular complexity index is 757. The number of nitrogens with zero attached hydrogens (tertiary/aromatic N) is 4. The third-order valence-electron chi connectivity index (χ3n) is 3.14. The van der Waals surface area contributed by atoms with Gasteiger partial charge < -0.3 is 4.74 Å². The monoisotopic (exact) mass is 254 g/mol. The van der Waals surface area contributed by atoms with Crippen LogP contribution in [-0.2, 0) is 20.6 Å². The van der Waals surface area contributed by atoms with Crippen molar-refractivity contribution in [3.63, 3.8) is 0 Å². The highest BCUT2D eigenvalue weighted by Gasteiger charge is 2.29. The highest BCUT2D eigenvalue weighted by atomic mass is 19.1. The van der Waals surface area contributed by atoms with Gasteiger partial charge in [-0.15, -0.1) is 0 Å². The first-order chi connectivity index (χ1) is 8.54. The summed E-state index contributed by atoms with van der Waals surface area (Å²) < 4.78 is 21.6. The van der Waals surface area contributed by atoms with Crippen LogP contribution in [0.2, 0.25) is 0 Å². The molecule has 1 aliphatic heterocycles. The van der Waals surface area contributed by atoms with Crippen LogP contribution in [-0.4, -0.2) is 31.5 Å². The predicted molar refractivity (Wildman–Crippen MR) is 60.6 cm³/mol. The minimum absolute atomic E-state index is 0.186. The molecule has 3 heterocycles. The molecule has 0 radical (unpaired) electrons. The van der Waals surface area contributed by atoms with Crippen molar-refractivity contribution in [3.8, 4) is 6.01 Å². The topological polar surface area (TPSA) is 71.0 Å². The van der Waals surface area contributed by atoms with E-state index in [1.807, 2.05) is 0 Å². The zero-order valence-corrected chi connectivity index (χ0v) is 9.88. The van der Waals surface area contributed by atoms with Crippen LogP contribution in [0.4, 0.5) is 4.39 Å². The van der Waals surface area contributed by atoms with E-state index in [4.69, 9.17) is 4.74 Å². The lowest BCUT2D eigenvalue weighted by atomic mass is 10.4. The van der Waals surface area contributed by atoms with Crippen molar-refractivity contribution in [3.05, 3.63) is 20.8 Å². The van der Waals surface area contributed by atoms with E-state index in [2.05, 4.69) is 4.98 Å². The molecule has 0 amide bonds. The third kappa shape index (κ3) is 1.20. The van der Waals surface area contributed by atoms with Crippen molar-refractivity contribution in [2.24, 2.45) is 14.1 Å². The number of hydrogen-bond donors (Lipinski definition) is 0. The average Bonchev–Trinajstić information content (AvgIpc) is 2.90. The smallest absolute Gasteiger partial charge is 0.332 e. The number of imidazole rings is 1. The van der Waals surface area contributed by atoms with Gasteiger partial charge in [0.25, 0.3) is 11.6 Å². The molecule has 8 heteroatoms. The molecule has 0 saturated heterocycles. The second kappa shape index (κ2) is 3.44. The molecular weight excluding hydrogens is 243 g/mol. The Balaban J connectivity index is 2.40. The van der Waals surface area contributed by atoms with Gasteiger partial charge in [-0.05, 0) is 0 Å². The summed E-state index contributed by atoms with van der Waals surface area (Å²) in [6.45, 7) is -0.410. The molecule has 0 saturated carbocycles. The Morgan fingerprint density at radius 1 is 1.39 bits per heavy atom. The van der Waals surface area contributed by atoms with Crippen molar-refractivity contribution in [1.29, 1.82) is 0 Å². The lowest BCUT2D eigenvalue weighted by molar-refractivity contribution is 0.184. The summed E-state index contributed by atoms with van der Waals surface area (Å²) in [6, 6.07) is 0.186. The van der Waals surface area contributed by atoms with Crippen LogP contribution in [0.3, 0.4) is 0 Å². The number of alkyl halides is 1. The summed E-state index contributed by atoms with van der Waals surface area (Å²) in [4.78, 5) is 27.9. The molecule has 0 aliphatic carbocycles. The summed E-state index contributed by atoms with van der Waals surface area (Å²) in [6.07, 6.45) is -0.612. The number of aromatic nitrogens is 4. The number of aryl methyl sites for hydroxylation is 1. The second-order valence-electron chi connectivity index (χ2n) is 4.28. The lowest BCUT2D eigenvalue weighted by Gasteiger charge is -2.05. The number of hydrogen-bond acceptors (Lipinski definition) is 4. The van der Waals surface area contributed by atoms with Crippen molar-refractivity contribution in [2.45, 2.75) is 12.6 Å². The Hall–Kier alpha value is -2.12. The fourth-order valence-electron chi connectivity index (χ4n) is 2.16. The minimum Gasteiger partial charge on any atom is -0.457 e. The summed E-state index contributed by atoms with van der Waals surface area (Å²) in [7, 11) is 2.92. The average molecular weight is 254 g/mol. The molecule has 1 aliphatic rings. The Labute approximate surface area is 100 Å². The van der Waals surface area contributed by atoms with Gasteiger partial charge in [-0.3, -0.25) is 18.5 Å². The van der Waals surface area contributed by atoms with Gasteiger partial charge in [0.05, 0.1) is 6.54 Å². The van der Waals surface area contributed by atoms with Gasteiger partial charge in [0.2, 0.25) is 0 Å². The number of halogens is 1. The Morgan fingerprint density at radius 2 is 2.11 bits per heavy atom. The maximum atomic E-state index is 12.6. The normalized spacial score (nSPS) is 18.1. The molecule has 1 unspecified atom stereocenters. The van der Waals surface area contributed by atoms with Gasteiger partial charge in [-0.25, -0.2) is 9.18 Å². The number of ether oxygens (including phenoxy) is 1. The van der Waals surface area contributed by atoms with E-state index in [0.717, 1.165) is 4.57 Å². The molecule has 2 aromatic heterocycles. The van der Waals surface area contributed by atoms with Crippen molar-refractivity contribution in [1.82, 2.24) is 18.7 Å². The minimum atomic E-state index is -0.642. The maximum absolute atomic E-state index is 12.6. The van der Waals surface area contributed by atoms with Crippen LogP contribution in [0.25, 0.3) is 11.2 Å². The summed E-state index contributed by atoms with van der Waals surface area (Å²) in [5.74, 6) is 0. The van der Waals surface area contributed by atoms with E-state index in [0.29, 0.717) is 0 Å². The summed E-state index contributed by atoms with van der Waals surface area (Å²) in [5, 5.41) is 0. The van der Waals surface area contributed by atoms with Crippen LogP contribution in [0, 0.1) is 0 Å². The maximum Gasteiger partial charge on any atom is 0.332 e. The fraction of sp³-hybridized carbons (Fsp3) is 0.500. The largest absolute Gasteiger partial charge is 0.457 e. The molecule has 2 aromatic rings. The van der Waals surface area contributed by atoms with Crippen molar-refractivity contribution in [2.75, 3.05) is 6.67 Å². The van der Waals surface area contributed by atoms with Gasteiger partial charge in [-0.2, -0.15) is 4.98 Å². The Morgan fingerprint density at radius 3 is 2.78 bits per heavy atom. The second-order valence-corrected chi connectivity index (χ2v) is 4.28. The molecule has 0 bridgehead atoms. The van der Waals surface area contributed by atoms with E-state index in [1.165, 1.54) is 23.2 Å². The van der Waals surface area contributed by atoms with Crippen LogP contribution >= 0.6 is 0 Å². The molecule has 96 valence electrons. The van der Waals surface area contributed by atoms with Crippen LogP contribution in [0.1, 0.15) is 0 Å². The molecule has 1 atom stereocenters. The van der Waals surface area contributed by atoms with Crippen LogP contribution < -0.4 is 16.0 Å². The van der Waals surface area contributed by atoms with Gasteiger partial charge in [0, 0.05) is 14.1 Å². The van der Waals surface area contributed by atoms with Crippen molar-refractivity contribution < 1.29 is 9.13 Å². The number of fused-ring (bicyclic) bond motifs is 3. The highest BCUT2D eigenvalue weighted by molar-refractivity contribution is 5.72. The standard InChI is InChI=1S/C10H11FN4O3/c1-13-7-6(8(16)14(2)10(13)17)15-4-5(3-11)18-9(15)12-7/h5H,3-4H2,1-2H3. The molecule has 3 rings (SSSR count). The van der Waals surface area contributed by atoms with Gasteiger partial charge in [0.15, 0.2) is 11.2 Å². The molecule has 7 nitrogen and oxygen atoms in total. The Kier molecular flexibility index (Phi) is 2.10.